The summed E-state index contributed by atoms with van der Waals surface area (Å²) in [5.74, 6) is -0.174. The molecule has 1 fully saturated rings. The van der Waals surface area contributed by atoms with Gasteiger partial charge in [-0.2, -0.15) is 0 Å². The van der Waals surface area contributed by atoms with Crippen LogP contribution in [0.4, 0.5) is 0 Å². The molecule has 3 aromatic rings. The molecular formula is C35H43Cl2N5O2. The van der Waals surface area contributed by atoms with Crippen LogP contribution in [-0.4, -0.2) is 78.4 Å². The fourth-order valence-corrected chi connectivity index (χ4v) is 6.62. The van der Waals surface area contributed by atoms with Crippen LogP contribution in [0.15, 0.2) is 72.8 Å². The van der Waals surface area contributed by atoms with Crippen LogP contribution < -0.4 is 10.6 Å². The second-order valence-corrected chi connectivity index (χ2v) is 12.6. The van der Waals surface area contributed by atoms with Crippen molar-refractivity contribution >= 4 is 35.0 Å². The number of amides is 2. The van der Waals surface area contributed by atoms with Gasteiger partial charge in [0.1, 0.15) is 6.04 Å². The van der Waals surface area contributed by atoms with Crippen molar-refractivity contribution in [1.29, 1.82) is 0 Å². The Balaban J connectivity index is 1.27. The molecule has 2 amide bonds. The summed E-state index contributed by atoms with van der Waals surface area (Å²) >= 11 is 12.3. The summed E-state index contributed by atoms with van der Waals surface area (Å²) in [4.78, 5) is 34.2. The smallest absolute Gasteiger partial charge is 0.245 e. The normalized spacial score (nSPS) is 18.2. The number of rotatable bonds is 12. The maximum absolute atomic E-state index is 14.0. The van der Waals surface area contributed by atoms with E-state index in [1.54, 1.807) is 0 Å². The molecule has 234 valence electrons. The molecule has 7 nitrogen and oxygen atoms in total. The van der Waals surface area contributed by atoms with Crippen molar-refractivity contribution in [2.75, 3.05) is 45.8 Å². The summed E-state index contributed by atoms with van der Waals surface area (Å²) < 4.78 is 0. The van der Waals surface area contributed by atoms with Gasteiger partial charge in [0.05, 0.1) is 0 Å². The Morgan fingerprint density at radius 1 is 0.909 bits per heavy atom. The topological polar surface area (TPSA) is 67.9 Å². The Bertz CT molecular complexity index is 1390. The molecule has 0 saturated carbocycles. The molecule has 44 heavy (non-hydrogen) atoms. The number of carbonyl (C=O) groups is 2. The second-order valence-electron chi connectivity index (χ2n) is 11.7. The van der Waals surface area contributed by atoms with Gasteiger partial charge in [0.15, 0.2) is 0 Å². The lowest BCUT2D eigenvalue weighted by Crippen LogP contribution is -2.56. The summed E-state index contributed by atoms with van der Waals surface area (Å²) in [6, 6.07) is 23.3. The maximum Gasteiger partial charge on any atom is 0.245 e. The summed E-state index contributed by atoms with van der Waals surface area (Å²) in [7, 11) is 0. The fraction of sp³-hybridized carbons (Fsp3) is 0.429. The molecule has 0 bridgehead atoms. The predicted octanol–water partition coefficient (Wildman–Crippen LogP) is 5.48. The third-order valence-corrected chi connectivity index (χ3v) is 9.50. The lowest BCUT2D eigenvalue weighted by atomic mass is 10.0. The SMILES string of the molecule is CCN(CC)CC(c1ccc(Cl)cc1)N1CCN(C(=O)[C@@H](Cc2ccc(Cl)cc2)NC(=O)CC2NCc3ccccc32)CC1. The molecule has 0 radical (unpaired) electrons. The minimum atomic E-state index is -0.658. The highest BCUT2D eigenvalue weighted by Gasteiger charge is 2.33. The number of hydrogen-bond acceptors (Lipinski definition) is 5. The van der Waals surface area contributed by atoms with E-state index < -0.39 is 6.04 Å². The number of carbonyl (C=O) groups excluding carboxylic acids is 2. The molecule has 2 aliphatic heterocycles. The van der Waals surface area contributed by atoms with Crippen molar-refractivity contribution in [1.82, 2.24) is 25.3 Å². The summed E-state index contributed by atoms with van der Waals surface area (Å²) in [6.07, 6.45) is 0.690. The van der Waals surface area contributed by atoms with E-state index in [2.05, 4.69) is 58.5 Å². The Labute approximate surface area is 271 Å². The molecule has 0 aliphatic carbocycles. The first-order valence-electron chi connectivity index (χ1n) is 15.7. The van der Waals surface area contributed by atoms with Crippen LogP contribution in [0.2, 0.25) is 10.0 Å². The van der Waals surface area contributed by atoms with E-state index in [1.165, 1.54) is 11.1 Å². The van der Waals surface area contributed by atoms with Gasteiger partial charge in [-0.3, -0.25) is 14.5 Å². The molecular weight excluding hydrogens is 593 g/mol. The number of halogens is 2. The zero-order valence-corrected chi connectivity index (χ0v) is 27.2. The lowest BCUT2D eigenvalue weighted by Gasteiger charge is -2.42. The van der Waals surface area contributed by atoms with Crippen LogP contribution >= 0.6 is 23.2 Å². The van der Waals surface area contributed by atoms with Gasteiger partial charge in [0.2, 0.25) is 11.8 Å². The van der Waals surface area contributed by atoms with Crippen LogP contribution in [0.5, 0.6) is 0 Å². The molecule has 1 saturated heterocycles. The van der Waals surface area contributed by atoms with Crippen LogP contribution in [0.3, 0.4) is 0 Å². The molecule has 0 aromatic heterocycles. The van der Waals surface area contributed by atoms with Gasteiger partial charge >= 0.3 is 0 Å². The van der Waals surface area contributed by atoms with Crippen molar-refractivity contribution in [3.63, 3.8) is 0 Å². The first-order chi connectivity index (χ1) is 21.3. The maximum atomic E-state index is 14.0. The van der Waals surface area contributed by atoms with Gasteiger partial charge in [0, 0.05) is 74.2 Å². The molecule has 2 unspecified atom stereocenters. The molecule has 2 heterocycles. The zero-order chi connectivity index (χ0) is 31.1. The van der Waals surface area contributed by atoms with Crippen molar-refractivity contribution in [3.8, 4) is 0 Å². The standard InChI is InChI=1S/C35H43Cl2N5O2/c1-3-40(4-2)24-33(26-11-15-29(37)16-12-26)41-17-19-42(20-18-41)35(44)32(21-25-9-13-28(36)14-10-25)39-34(43)22-31-30-8-6-5-7-27(30)23-38-31/h5-16,31-33,38H,3-4,17-24H2,1-2H3,(H,39,43)/t31?,32-,33?/m1/s1. The zero-order valence-electron chi connectivity index (χ0n) is 25.6. The van der Waals surface area contributed by atoms with Gasteiger partial charge in [-0.05, 0) is 59.6 Å². The summed E-state index contributed by atoms with van der Waals surface area (Å²) in [6.45, 7) is 10.7. The monoisotopic (exact) mass is 635 g/mol. The van der Waals surface area contributed by atoms with Gasteiger partial charge in [0.25, 0.3) is 0 Å². The molecule has 2 N–H and O–H groups in total. The van der Waals surface area contributed by atoms with E-state index in [-0.39, 0.29) is 30.3 Å². The van der Waals surface area contributed by atoms with E-state index in [0.717, 1.165) is 55.4 Å². The average molecular weight is 637 g/mol. The largest absolute Gasteiger partial charge is 0.344 e. The van der Waals surface area contributed by atoms with Crippen LogP contribution in [0.1, 0.15) is 54.6 Å². The molecule has 0 spiro atoms. The number of hydrogen-bond donors (Lipinski definition) is 2. The van der Waals surface area contributed by atoms with Crippen molar-refractivity contribution in [2.24, 2.45) is 0 Å². The molecule has 9 heteroatoms. The quantitative estimate of drug-likeness (QED) is 0.276. The van der Waals surface area contributed by atoms with Crippen molar-refractivity contribution < 1.29 is 9.59 Å². The minimum Gasteiger partial charge on any atom is -0.344 e. The predicted molar refractivity (Wildman–Crippen MR) is 178 cm³/mol. The van der Waals surface area contributed by atoms with Crippen LogP contribution in [-0.2, 0) is 22.6 Å². The number of nitrogens with one attached hydrogen (secondary N) is 2. The first kappa shape index (κ1) is 32.5. The number of fused-ring (bicyclic) bond motifs is 1. The van der Waals surface area contributed by atoms with E-state index >= 15 is 0 Å². The van der Waals surface area contributed by atoms with Crippen LogP contribution in [0.25, 0.3) is 0 Å². The first-order valence-corrected chi connectivity index (χ1v) is 16.5. The molecule has 3 aromatic carbocycles. The lowest BCUT2D eigenvalue weighted by molar-refractivity contribution is -0.138. The fourth-order valence-electron chi connectivity index (χ4n) is 6.37. The Hall–Kier alpha value is -2.94. The van der Waals surface area contributed by atoms with Crippen molar-refractivity contribution in [2.45, 2.75) is 51.4 Å². The molecule has 5 rings (SSSR count). The second kappa shape index (κ2) is 15.4. The summed E-state index contributed by atoms with van der Waals surface area (Å²) in [5.41, 5.74) is 4.56. The van der Waals surface area contributed by atoms with Crippen molar-refractivity contribution in [3.05, 3.63) is 105 Å². The van der Waals surface area contributed by atoms with Crippen LogP contribution in [0, 0.1) is 0 Å². The highest BCUT2D eigenvalue weighted by Crippen LogP contribution is 2.28. The Morgan fingerprint density at radius 3 is 2.20 bits per heavy atom. The molecule has 3 atom stereocenters. The highest BCUT2D eigenvalue weighted by molar-refractivity contribution is 6.30. The average Bonchev–Trinajstić information content (AvgIpc) is 3.45. The third-order valence-electron chi connectivity index (χ3n) is 8.99. The Morgan fingerprint density at radius 2 is 1.55 bits per heavy atom. The van der Waals surface area contributed by atoms with E-state index in [4.69, 9.17) is 23.2 Å². The third kappa shape index (κ3) is 8.20. The van der Waals surface area contributed by atoms with Gasteiger partial charge in [-0.15, -0.1) is 0 Å². The van der Waals surface area contributed by atoms with E-state index in [0.29, 0.717) is 24.5 Å². The number of benzene rings is 3. The van der Waals surface area contributed by atoms with Gasteiger partial charge in [-0.25, -0.2) is 0 Å². The number of likely N-dealkylation sites (N-methyl/N-ethyl adjacent to an activating group) is 1. The summed E-state index contributed by atoms with van der Waals surface area (Å²) in [5, 5.41) is 7.92. The number of piperazine rings is 1. The van der Waals surface area contributed by atoms with E-state index in [9.17, 15) is 9.59 Å². The highest BCUT2D eigenvalue weighted by atomic mass is 35.5. The van der Waals surface area contributed by atoms with Gasteiger partial charge < -0.3 is 20.4 Å². The minimum absolute atomic E-state index is 0.0421. The Kier molecular flexibility index (Phi) is 11.3. The van der Waals surface area contributed by atoms with E-state index in [1.807, 2.05) is 53.4 Å². The van der Waals surface area contributed by atoms with Gasteiger partial charge in [-0.1, -0.05) is 85.6 Å². The molecule has 2 aliphatic rings. The number of nitrogens with zero attached hydrogens (tertiary/aromatic N) is 3.